The summed E-state index contributed by atoms with van der Waals surface area (Å²) in [4.78, 5) is 12.1. The Labute approximate surface area is 222 Å². The van der Waals surface area contributed by atoms with Crippen molar-refractivity contribution in [2.45, 2.75) is 104 Å². The third-order valence-corrected chi connectivity index (χ3v) is 5.51. The van der Waals surface area contributed by atoms with Crippen LogP contribution in [0.3, 0.4) is 0 Å². The molecule has 0 bridgehead atoms. The fraction of sp³-hybridized carbons (Fsp3) is 0.880. The fourth-order valence-electron chi connectivity index (χ4n) is 4.22. The number of hydrogen-bond donors (Lipinski definition) is 3. The van der Waals surface area contributed by atoms with Crippen LogP contribution in [0.1, 0.15) is 86.5 Å². The molecule has 216 valence electrons. The number of aromatic nitrogens is 3. The Kier molecular flexibility index (Phi) is 16.5. The average molecular weight is 531 g/mol. The smallest absolute Gasteiger partial charge is 0.282 e. The fourth-order valence-corrected chi connectivity index (χ4v) is 4.22. The molecule has 1 unspecified atom stereocenters. The molecule has 0 saturated carbocycles. The van der Waals surface area contributed by atoms with E-state index in [1.54, 1.807) is 0 Å². The molecule has 0 spiro atoms. The zero-order valence-corrected chi connectivity index (χ0v) is 23.7. The Morgan fingerprint density at radius 2 is 1.14 bits per heavy atom. The maximum Gasteiger partial charge on any atom is 0.282 e. The molecule has 1 rings (SSSR count). The molecule has 5 N–H and O–H groups in total. The molecule has 0 aliphatic carbocycles. The van der Waals surface area contributed by atoms with Crippen LogP contribution in [0.15, 0.2) is 0 Å². The van der Waals surface area contributed by atoms with Gasteiger partial charge in [0.1, 0.15) is 6.10 Å². The van der Waals surface area contributed by atoms with Gasteiger partial charge in [0.2, 0.25) is 17.8 Å². The lowest BCUT2D eigenvalue weighted by atomic mass is 10.0. The number of nitrogens with two attached hydrogens (primary N) is 2. The number of nitrogen functional groups attached to an aromatic ring is 2. The van der Waals surface area contributed by atoms with E-state index in [0.717, 1.165) is 32.1 Å². The quantitative estimate of drug-likeness (QED) is 0.138. The molecule has 0 aromatic carbocycles. The van der Waals surface area contributed by atoms with Crippen LogP contribution in [0, 0.1) is 0 Å². The number of hydrogen-bond acceptors (Lipinski definition) is 12. The second-order valence-electron chi connectivity index (χ2n) is 8.27. The van der Waals surface area contributed by atoms with Gasteiger partial charge in [0, 0.05) is 46.1 Å². The van der Waals surface area contributed by atoms with Crippen molar-refractivity contribution in [3.8, 4) is 0 Å². The lowest BCUT2D eigenvalue weighted by molar-refractivity contribution is -0.380. The zero-order chi connectivity index (χ0) is 27.6. The van der Waals surface area contributed by atoms with E-state index in [0.29, 0.717) is 52.5 Å². The number of anilines is 3. The SMILES string of the molecule is CCOC(CCCCCCCC(OCC)(OCC)OCC)C(Nc1nc(N)nc(N)n1)(OCC)OCC. The molecule has 0 fully saturated rings. The van der Waals surface area contributed by atoms with Gasteiger partial charge in [-0.2, -0.15) is 15.0 Å². The van der Waals surface area contributed by atoms with Crippen LogP contribution in [0.5, 0.6) is 0 Å². The number of unbranched alkanes of at least 4 members (excludes halogenated alkanes) is 4. The topological polar surface area (TPSA) is 158 Å². The predicted octanol–water partition coefficient (Wildman–Crippen LogP) is 4.07. The molecule has 0 aliphatic rings. The van der Waals surface area contributed by atoms with Crippen LogP contribution in [0.4, 0.5) is 17.8 Å². The summed E-state index contributed by atoms with van der Waals surface area (Å²) in [6, 6.07) is 0. The number of nitrogens with zero attached hydrogens (tertiary/aromatic N) is 3. The molecule has 1 heterocycles. The highest BCUT2D eigenvalue weighted by Crippen LogP contribution is 2.28. The normalized spacial score (nSPS) is 13.1. The second-order valence-corrected chi connectivity index (χ2v) is 8.27. The third kappa shape index (κ3) is 11.6. The molecule has 0 saturated heterocycles. The first kappa shape index (κ1) is 33.2. The van der Waals surface area contributed by atoms with E-state index in [1.807, 2.05) is 41.5 Å². The van der Waals surface area contributed by atoms with E-state index in [-0.39, 0.29) is 17.8 Å². The lowest BCUT2D eigenvalue weighted by Gasteiger charge is -2.39. The molecular formula is C25H50N6O6. The minimum absolute atomic E-state index is 0.00638. The zero-order valence-electron chi connectivity index (χ0n) is 23.7. The summed E-state index contributed by atoms with van der Waals surface area (Å²) in [5, 5.41) is 3.14. The summed E-state index contributed by atoms with van der Waals surface area (Å²) in [7, 11) is 0. The molecule has 37 heavy (non-hydrogen) atoms. The summed E-state index contributed by atoms with van der Waals surface area (Å²) >= 11 is 0. The first-order chi connectivity index (χ1) is 17.8. The molecule has 0 radical (unpaired) electrons. The van der Waals surface area contributed by atoms with Gasteiger partial charge in [0.05, 0.1) is 0 Å². The van der Waals surface area contributed by atoms with Gasteiger partial charge in [-0.3, -0.25) is 0 Å². The highest BCUT2D eigenvalue weighted by molar-refractivity contribution is 5.38. The van der Waals surface area contributed by atoms with E-state index < -0.39 is 18.0 Å². The Balaban J connectivity index is 2.76. The van der Waals surface area contributed by atoms with Crippen LogP contribution in [0.2, 0.25) is 0 Å². The van der Waals surface area contributed by atoms with E-state index in [9.17, 15) is 0 Å². The van der Waals surface area contributed by atoms with Crippen LogP contribution < -0.4 is 16.8 Å². The maximum absolute atomic E-state index is 6.10. The van der Waals surface area contributed by atoms with Crippen molar-refractivity contribution in [1.82, 2.24) is 15.0 Å². The second kappa shape index (κ2) is 18.4. The van der Waals surface area contributed by atoms with E-state index in [1.165, 1.54) is 0 Å². The van der Waals surface area contributed by atoms with Crippen molar-refractivity contribution in [3.05, 3.63) is 0 Å². The van der Waals surface area contributed by atoms with Crippen molar-refractivity contribution in [2.75, 3.05) is 56.4 Å². The van der Waals surface area contributed by atoms with Crippen LogP contribution >= 0.6 is 0 Å². The Morgan fingerprint density at radius 1 is 0.649 bits per heavy atom. The van der Waals surface area contributed by atoms with Crippen molar-refractivity contribution in [1.29, 1.82) is 0 Å². The molecule has 12 nitrogen and oxygen atoms in total. The van der Waals surface area contributed by atoms with Crippen molar-refractivity contribution in [2.24, 2.45) is 0 Å². The van der Waals surface area contributed by atoms with Gasteiger partial charge < -0.3 is 45.2 Å². The molecule has 1 aromatic heterocycles. The summed E-state index contributed by atoms with van der Waals surface area (Å²) in [5.74, 6) is -2.07. The average Bonchev–Trinajstić information content (AvgIpc) is 2.83. The number of nitrogens with one attached hydrogen (secondary N) is 1. The number of ether oxygens (including phenoxy) is 6. The largest absolute Gasteiger partial charge is 0.371 e. The minimum atomic E-state index is -1.30. The molecule has 1 aromatic rings. The molecular weight excluding hydrogens is 480 g/mol. The third-order valence-electron chi connectivity index (χ3n) is 5.51. The first-order valence-corrected chi connectivity index (χ1v) is 13.7. The predicted molar refractivity (Wildman–Crippen MR) is 144 cm³/mol. The number of rotatable bonds is 23. The first-order valence-electron chi connectivity index (χ1n) is 13.7. The van der Waals surface area contributed by atoms with Crippen molar-refractivity contribution in [3.63, 3.8) is 0 Å². The molecule has 12 heteroatoms. The van der Waals surface area contributed by atoms with E-state index in [4.69, 9.17) is 39.9 Å². The van der Waals surface area contributed by atoms with Gasteiger partial charge in [-0.15, -0.1) is 0 Å². The van der Waals surface area contributed by atoms with Crippen LogP contribution in [-0.4, -0.2) is 72.6 Å². The standard InChI is InChI=1S/C25H50N6O6/c1-7-32-20(18-16-14-13-15-17-19-24(33-8-2,34-9-3)35-10-4)25(36-11-5,37-12-6)31-23-29-21(26)28-22(27)30-23/h20H,7-19H2,1-6H3,(H5,26,27,28,29,30,31). The Morgan fingerprint density at radius 3 is 1.62 bits per heavy atom. The minimum Gasteiger partial charge on any atom is -0.371 e. The van der Waals surface area contributed by atoms with Gasteiger partial charge in [-0.05, 0) is 54.4 Å². The monoisotopic (exact) mass is 530 g/mol. The van der Waals surface area contributed by atoms with Gasteiger partial charge in [0.15, 0.2) is 0 Å². The van der Waals surface area contributed by atoms with E-state index in [2.05, 4.69) is 20.3 Å². The molecule has 1 atom stereocenters. The van der Waals surface area contributed by atoms with Gasteiger partial charge >= 0.3 is 0 Å². The Bertz CT molecular complexity index is 686. The van der Waals surface area contributed by atoms with Crippen LogP contribution in [0.25, 0.3) is 0 Å². The summed E-state index contributed by atoms with van der Waals surface area (Å²) in [5.41, 5.74) is 11.5. The van der Waals surface area contributed by atoms with Gasteiger partial charge in [0.25, 0.3) is 11.9 Å². The molecule has 0 aliphatic heterocycles. The highest BCUT2D eigenvalue weighted by Gasteiger charge is 2.43. The summed E-state index contributed by atoms with van der Waals surface area (Å²) < 4.78 is 35.7. The Hall–Kier alpha value is -1.83. The van der Waals surface area contributed by atoms with Gasteiger partial charge in [-0.25, -0.2) is 0 Å². The highest BCUT2D eigenvalue weighted by atomic mass is 16.9. The van der Waals surface area contributed by atoms with E-state index >= 15 is 0 Å². The maximum atomic E-state index is 6.10. The van der Waals surface area contributed by atoms with Crippen molar-refractivity contribution >= 4 is 17.8 Å². The summed E-state index contributed by atoms with van der Waals surface area (Å²) in [6.07, 6.45) is 5.97. The van der Waals surface area contributed by atoms with Crippen molar-refractivity contribution < 1.29 is 28.4 Å². The molecule has 0 amide bonds. The van der Waals surface area contributed by atoms with Crippen LogP contribution in [-0.2, 0) is 28.4 Å². The van der Waals surface area contributed by atoms with Gasteiger partial charge in [-0.1, -0.05) is 25.7 Å². The lowest BCUT2D eigenvalue weighted by Crippen LogP contribution is -2.55. The summed E-state index contributed by atoms with van der Waals surface area (Å²) in [6.45, 7) is 14.4.